The Morgan fingerprint density at radius 3 is 2.67 bits per heavy atom. The van der Waals surface area contributed by atoms with Crippen molar-refractivity contribution >= 4 is 5.84 Å². The van der Waals surface area contributed by atoms with Crippen LogP contribution in [0.1, 0.15) is 18.7 Å². The zero-order chi connectivity index (χ0) is 11.6. The Bertz CT molecular complexity index is 371. The molecule has 0 aliphatic heterocycles. The molecular weight excluding hydrogens is 213 g/mol. The van der Waals surface area contributed by atoms with Crippen molar-refractivity contribution in [3.8, 4) is 0 Å². The molecule has 1 heterocycles. The molecule has 3 N–H and O–H groups in total. The normalized spacial score (nSPS) is 15.3. The van der Waals surface area contributed by atoms with Crippen molar-refractivity contribution < 1.29 is 18.4 Å². The Labute approximate surface area is 83.0 Å². The molecule has 0 saturated heterocycles. The van der Waals surface area contributed by atoms with E-state index in [-0.39, 0.29) is 5.84 Å². The van der Waals surface area contributed by atoms with Crippen molar-refractivity contribution in [2.75, 3.05) is 0 Å². The molecule has 0 radical (unpaired) electrons. The van der Waals surface area contributed by atoms with Crippen LogP contribution < -0.4 is 5.73 Å². The van der Waals surface area contributed by atoms with Gasteiger partial charge >= 0.3 is 6.18 Å². The van der Waals surface area contributed by atoms with E-state index in [1.54, 1.807) is 0 Å². The highest BCUT2D eigenvalue weighted by atomic mass is 19.4. The van der Waals surface area contributed by atoms with Crippen LogP contribution in [-0.2, 0) is 6.18 Å². The summed E-state index contributed by atoms with van der Waals surface area (Å²) in [7, 11) is 0. The molecule has 0 spiro atoms. The summed E-state index contributed by atoms with van der Waals surface area (Å²) in [4.78, 5) is 0. The maximum Gasteiger partial charge on any atom is 0.435 e. The molecule has 5 nitrogen and oxygen atoms in total. The molecule has 1 aromatic rings. The first kappa shape index (κ1) is 11.3. The van der Waals surface area contributed by atoms with E-state index in [9.17, 15) is 13.2 Å². The lowest BCUT2D eigenvalue weighted by atomic mass is 10.3. The van der Waals surface area contributed by atoms with Gasteiger partial charge in [-0.2, -0.15) is 18.3 Å². The second-order valence-electron chi connectivity index (χ2n) is 2.88. The van der Waals surface area contributed by atoms with Gasteiger partial charge in [0.25, 0.3) is 0 Å². The minimum atomic E-state index is -4.49. The highest BCUT2D eigenvalue weighted by Crippen LogP contribution is 2.27. The summed E-state index contributed by atoms with van der Waals surface area (Å²) >= 11 is 0. The van der Waals surface area contributed by atoms with E-state index in [0.717, 1.165) is 16.9 Å². The van der Waals surface area contributed by atoms with Crippen molar-refractivity contribution in [2.45, 2.75) is 19.1 Å². The van der Waals surface area contributed by atoms with E-state index >= 15 is 0 Å². The van der Waals surface area contributed by atoms with Gasteiger partial charge in [0.1, 0.15) is 6.04 Å². The van der Waals surface area contributed by atoms with E-state index in [4.69, 9.17) is 10.9 Å². The molecule has 0 aliphatic rings. The number of nitrogens with zero attached hydrogens (tertiary/aromatic N) is 3. The van der Waals surface area contributed by atoms with E-state index in [0.29, 0.717) is 0 Å². The smallest absolute Gasteiger partial charge is 0.409 e. The molecule has 15 heavy (non-hydrogen) atoms. The van der Waals surface area contributed by atoms with Gasteiger partial charge in [-0.3, -0.25) is 4.68 Å². The largest absolute Gasteiger partial charge is 0.435 e. The first-order valence-corrected chi connectivity index (χ1v) is 3.96. The van der Waals surface area contributed by atoms with Gasteiger partial charge in [-0.05, 0) is 13.0 Å². The van der Waals surface area contributed by atoms with Crippen molar-refractivity contribution in [1.29, 1.82) is 0 Å². The average molecular weight is 222 g/mol. The molecule has 0 bridgehead atoms. The SMILES string of the molecule is CC(C(N)=NO)n1ccc(C(F)(F)F)n1. The number of alkyl halides is 3. The number of halogens is 3. The summed E-state index contributed by atoms with van der Waals surface area (Å²) < 4.78 is 37.5. The van der Waals surface area contributed by atoms with Crippen LogP contribution in [0.15, 0.2) is 17.4 Å². The van der Waals surface area contributed by atoms with Crippen LogP contribution in [0, 0.1) is 0 Å². The molecule has 0 saturated carbocycles. The predicted molar refractivity (Wildman–Crippen MR) is 45.3 cm³/mol. The van der Waals surface area contributed by atoms with Gasteiger partial charge in [-0.15, -0.1) is 0 Å². The number of rotatable bonds is 2. The fraction of sp³-hybridized carbons (Fsp3) is 0.429. The minimum absolute atomic E-state index is 0.216. The van der Waals surface area contributed by atoms with Crippen molar-refractivity contribution in [2.24, 2.45) is 10.9 Å². The molecule has 0 fully saturated rings. The zero-order valence-electron chi connectivity index (χ0n) is 7.73. The van der Waals surface area contributed by atoms with E-state index in [1.807, 2.05) is 0 Å². The summed E-state index contributed by atoms with van der Waals surface area (Å²) in [5.41, 5.74) is 4.21. The maximum atomic E-state index is 12.2. The number of nitrogens with two attached hydrogens (primary N) is 1. The van der Waals surface area contributed by atoms with Crippen LogP contribution in [0.5, 0.6) is 0 Å². The Kier molecular flexibility index (Phi) is 2.87. The van der Waals surface area contributed by atoms with Crippen LogP contribution >= 0.6 is 0 Å². The van der Waals surface area contributed by atoms with Gasteiger partial charge in [0, 0.05) is 6.20 Å². The molecule has 1 atom stereocenters. The maximum absolute atomic E-state index is 12.2. The molecular formula is C7H9F3N4O. The topological polar surface area (TPSA) is 76.4 Å². The summed E-state index contributed by atoms with van der Waals surface area (Å²) in [6.45, 7) is 1.46. The summed E-state index contributed by atoms with van der Waals surface area (Å²) in [5, 5.41) is 14.3. The predicted octanol–water partition coefficient (Wildman–Crippen LogP) is 1.21. The quantitative estimate of drug-likeness (QED) is 0.341. The first-order valence-electron chi connectivity index (χ1n) is 3.96. The summed E-state index contributed by atoms with van der Waals surface area (Å²) in [5.74, 6) is -0.216. The second-order valence-corrected chi connectivity index (χ2v) is 2.88. The first-order chi connectivity index (χ1) is 6.86. The Morgan fingerprint density at radius 1 is 1.67 bits per heavy atom. The van der Waals surface area contributed by atoms with E-state index in [2.05, 4.69) is 10.3 Å². The highest BCUT2D eigenvalue weighted by molar-refractivity contribution is 5.83. The van der Waals surface area contributed by atoms with Crippen LogP contribution in [0.3, 0.4) is 0 Å². The fourth-order valence-corrected chi connectivity index (χ4v) is 0.924. The van der Waals surface area contributed by atoms with Crippen molar-refractivity contribution in [1.82, 2.24) is 9.78 Å². The molecule has 1 rings (SSSR count). The molecule has 0 aliphatic carbocycles. The lowest BCUT2D eigenvalue weighted by molar-refractivity contribution is -0.141. The number of hydrogen-bond acceptors (Lipinski definition) is 3. The van der Waals surface area contributed by atoms with Gasteiger partial charge in [-0.25, -0.2) is 0 Å². The van der Waals surface area contributed by atoms with Crippen LogP contribution in [0.2, 0.25) is 0 Å². The van der Waals surface area contributed by atoms with Gasteiger partial charge in [0.05, 0.1) is 0 Å². The van der Waals surface area contributed by atoms with E-state index < -0.39 is 17.9 Å². The lowest BCUT2D eigenvalue weighted by Gasteiger charge is -2.09. The fourth-order valence-electron chi connectivity index (χ4n) is 0.924. The van der Waals surface area contributed by atoms with Crippen LogP contribution in [0.4, 0.5) is 13.2 Å². The number of aromatic nitrogens is 2. The number of oxime groups is 1. The van der Waals surface area contributed by atoms with Gasteiger partial charge in [0.15, 0.2) is 11.5 Å². The molecule has 1 aromatic heterocycles. The van der Waals surface area contributed by atoms with Crippen LogP contribution in [-0.4, -0.2) is 20.8 Å². The molecule has 1 unspecified atom stereocenters. The molecule has 84 valence electrons. The van der Waals surface area contributed by atoms with Gasteiger partial charge < -0.3 is 10.9 Å². The number of amidine groups is 1. The van der Waals surface area contributed by atoms with Gasteiger partial charge in [-0.1, -0.05) is 5.16 Å². The molecule has 0 amide bonds. The third-order valence-corrected chi connectivity index (χ3v) is 1.84. The number of hydrogen-bond donors (Lipinski definition) is 2. The minimum Gasteiger partial charge on any atom is -0.409 e. The summed E-state index contributed by atoms with van der Waals surface area (Å²) in [6.07, 6.45) is -3.37. The van der Waals surface area contributed by atoms with Gasteiger partial charge in [0.2, 0.25) is 0 Å². The Hall–Kier alpha value is -1.73. The Morgan fingerprint density at radius 2 is 2.27 bits per heavy atom. The van der Waals surface area contributed by atoms with Crippen LogP contribution in [0.25, 0.3) is 0 Å². The lowest BCUT2D eigenvalue weighted by Crippen LogP contribution is -2.25. The summed E-state index contributed by atoms with van der Waals surface area (Å²) in [6, 6.07) is 0.0901. The monoisotopic (exact) mass is 222 g/mol. The average Bonchev–Trinajstić information content (AvgIpc) is 2.63. The van der Waals surface area contributed by atoms with Crippen molar-refractivity contribution in [3.05, 3.63) is 18.0 Å². The molecule has 8 heteroatoms. The third kappa shape index (κ3) is 2.39. The van der Waals surface area contributed by atoms with Crippen molar-refractivity contribution in [3.63, 3.8) is 0 Å². The highest BCUT2D eigenvalue weighted by Gasteiger charge is 2.34. The van der Waals surface area contributed by atoms with E-state index in [1.165, 1.54) is 6.92 Å². The molecule has 0 aromatic carbocycles. The Balaban J connectivity index is 2.95. The second kappa shape index (κ2) is 3.79. The standard InChI is InChI=1S/C7H9F3N4O/c1-4(6(11)13-15)14-3-2-5(12-14)7(8,9)10/h2-4,15H,1H3,(H2,11,13). The third-order valence-electron chi connectivity index (χ3n) is 1.84. The zero-order valence-corrected chi connectivity index (χ0v) is 7.73.